The molecule has 74 valence electrons. The van der Waals surface area contributed by atoms with Crippen LogP contribution in [0.1, 0.15) is 23.2 Å². The zero-order chi connectivity index (χ0) is 9.97. The van der Waals surface area contributed by atoms with Gasteiger partial charge < -0.3 is 10.6 Å². The molecule has 0 radical (unpaired) electrons. The van der Waals surface area contributed by atoms with E-state index in [1.165, 1.54) is 0 Å². The van der Waals surface area contributed by atoms with Gasteiger partial charge in [-0.3, -0.25) is 4.79 Å². The topological polar surface area (TPSA) is 41.1 Å². The van der Waals surface area contributed by atoms with Crippen LogP contribution in [0.3, 0.4) is 0 Å². The van der Waals surface area contributed by atoms with E-state index in [9.17, 15) is 4.79 Å². The molecule has 1 fully saturated rings. The Morgan fingerprint density at radius 1 is 1.43 bits per heavy atom. The normalized spacial score (nSPS) is 14.9. The maximum Gasteiger partial charge on any atom is 0.251 e. The van der Waals surface area contributed by atoms with E-state index in [0.717, 1.165) is 24.1 Å². The van der Waals surface area contributed by atoms with Crippen LogP contribution in [0.25, 0.3) is 0 Å². The summed E-state index contributed by atoms with van der Waals surface area (Å²) < 4.78 is 0. The molecule has 2 rings (SSSR count). The fraction of sp³-hybridized carbons (Fsp3) is 0.364. The molecule has 1 saturated carbocycles. The minimum absolute atomic E-state index is 0.0320. The summed E-state index contributed by atoms with van der Waals surface area (Å²) in [6, 6.07) is 7.93. The fourth-order valence-corrected chi connectivity index (χ4v) is 1.31. The Kier molecular flexibility index (Phi) is 2.39. The number of nitrogens with one attached hydrogen (secondary N) is 2. The minimum Gasteiger partial charge on any atom is -0.388 e. The molecule has 1 aromatic carbocycles. The molecule has 3 heteroatoms. The Morgan fingerprint density at radius 2 is 2.21 bits per heavy atom. The van der Waals surface area contributed by atoms with Gasteiger partial charge in [-0.15, -0.1) is 0 Å². The van der Waals surface area contributed by atoms with Crippen LogP contribution in [0.5, 0.6) is 0 Å². The molecule has 14 heavy (non-hydrogen) atoms. The van der Waals surface area contributed by atoms with Crippen molar-refractivity contribution in [3.8, 4) is 0 Å². The van der Waals surface area contributed by atoms with Crippen LogP contribution in [0.15, 0.2) is 24.3 Å². The molecule has 1 amide bonds. The number of rotatable bonds is 3. The first-order valence-corrected chi connectivity index (χ1v) is 4.88. The third kappa shape index (κ3) is 2.05. The van der Waals surface area contributed by atoms with Gasteiger partial charge in [0.1, 0.15) is 0 Å². The summed E-state index contributed by atoms with van der Waals surface area (Å²) in [5, 5.41) is 5.97. The average molecular weight is 190 g/mol. The number of carbonyl (C=O) groups excluding carboxylic acids is 1. The number of hydrogen-bond acceptors (Lipinski definition) is 2. The lowest BCUT2D eigenvalue weighted by atomic mass is 10.2. The molecule has 0 aliphatic heterocycles. The van der Waals surface area contributed by atoms with Crippen LogP contribution in [0, 0.1) is 0 Å². The van der Waals surface area contributed by atoms with Crippen LogP contribution in [-0.2, 0) is 0 Å². The maximum atomic E-state index is 11.6. The SMILES string of the molecule is CNc1cccc(C(=O)NC2CC2)c1. The highest BCUT2D eigenvalue weighted by atomic mass is 16.1. The number of amides is 1. The number of benzene rings is 1. The van der Waals surface area contributed by atoms with Crippen molar-refractivity contribution in [3.63, 3.8) is 0 Å². The Balaban J connectivity index is 2.09. The predicted octanol–water partition coefficient (Wildman–Crippen LogP) is 1.62. The third-order valence-corrected chi connectivity index (χ3v) is 2.33. The van der Waals surface area contributed by atoms with Gasteiger partial charge in [0.25, 0.3) is 5.91 Å². The Hall–Kier alpha value is -1.51. The van der Waals surface area contributed by atoms with E-state index in [1.54, 1.807) is 0 Å². The highest BCUT2D eigenvalue weighted by Gasteiger charge is 2.23. The van der Waals surface area contributed by atoms with E-state index in [4.69, 9.17) is 0 Å². The molecule has 1 aromatic rings. The second-order valence-electron chi connectivity index (χ2n) is 3.58. The second-order valence-corrected chi connectivity index (χ2v) is 3.58. The highest BCUT2D eigenvalue weighted by Crippen LogP contribution is 2.19. The summed E-state index contributed by atoms with van der Waals surface area (Å²) in [6.07, 6.45) is 2.24. The van der Waals surface area contributed by atoms with Crippen molar-refractivity contribution in [3.05, 3.63) is 29.8 Å². The quantitative estimate of drug-likeness (QED) is 0.760. The largest absolute Gasteiger partial charge is 0.388 e. The van der Waals surface area contributed by atoms with Crippen LogP contribution in [0.2, 0.25) is 0 Å². The molecule has 1 aliphatic rings. The van der Waals surface area contributed by atoms with Gasteiger partial charge in [0.2, 0.25) is 0 Å². The van der Waals surface area contributed by atoms with Crippen molar-refractivity contribution in [1.29, 1.82) is 0 Å². The summed E-state index contributed by atoms with van der Waals surface area (Å²) in [4.78, 5) is 11.6. The average Bonchev–Trinajstić information content (AvgIpc) is 3.02. The Bertz CT molecular complexity index is 345. The number of anilines is 1. The first-order valence-electron chi connectivity index (χ1n) is 4.88. The molecule has 1 aliphatic carbocycles. The molecular formula is C11H14N2O. The summed E-state index contributed by atoms with van der Waals surface area (Å²) in [7, 11) is 1.85. The van der Waals surface area contributed by atoms with Gasteiger partial charge in [-0.25, -0.2) is 0 Å². The minimum atomic E-state index is 0.0320. The summed E-state index contributed by atoms with van der Waals surface area (Å²) >= 11 is 0. The van der Waals surface area contributed by atoms with Crippen molar-refractivity contribution < 1.29 is 4.79 Å². The zero-order valence-electron chi connectivity index (χ0n) is 8.21. The monoisotopic (exact) mass is 190 g/mol. The molecule has 0 spiro atoms. The molecule has 0 saturated heterocycles. The lowest BCUT2D eigenvalue weighted by Crippen LogP contribution is -2.25. The van der Waals surface area contributed by atoms with Gasteiger partial charge in [0, 0.05) is 24.3 Å². The first kappa shape index (κ1) is 9.06. The van der Waals surface area contributed by atoms with Gasteiger partial charge in [-0.05, 0) is 31.0 Å². The molecule has 2 N–H and O–H groups in total. The van der Waals surface area contributed by atoms with Gasteiger partial charge in [-0.2, -0.15) is 0 Å². The fourth-order valence-electron chi connectivity index (χ4n) is 1.31. The summed E-state index contributed by atoms with van der Waals surface area (Å²) in [5.41, 5.74) is 1.69. The second kappa shape index (κ2) is 3.70. The Labute approximate surface area is 83.5 Å². The van der Waals surface area contributed by atoms with Gasteiger partial charge in [0.15, 0.2) is 0 Å². The van der Waals surface area contributed by atoms with E-state index >= 15 is 0 Å². The lowest BCUT2D eigenvalue weighted by Gasteiger charge is -2.05. The number of hydrogen-bond donors (Lipinski definition) is 2. The van der Waals surface area contributed by atoms with E-state index in [2.05, 4.69) is 10.6 Å². The van der Waals surface area contributed by atoms with Crippen LogP contribution >= 0.6 is 0 Å². The molecule has 0 atom stereocenters. The predicted molar refractivity (Wildman–Crippen MR) is 56.5 cm³/mol. The van der Waals surface area contributed by atoms with E-state index in [-0.39, 0.29) is 5.91 Å². The van der Waals surface area contributed by atoms with E-state index < -0.39 is 0 Å². The highest BCUT2D eigenvalue weighted by molar-refractivity contribution is 5.95. The van der Waals surface area contributed by atoms with Crippen molar-refractivity contribution in [2.24, 2.45) is 0 Å². The van der Waals surface area contributed by atoms with Gasteiger partial charge in [-0.1, -0.05) is 6.07 Å². The van der Waals surface area contributed by atoms with Crippen molar-refractivity contribution >= 4 is 11.6 Å². The van der Waals surface area contributed by atoms with Crippen LogP contribution < -0.4 is 10.6 Å². The molecule has 0 aromatic heterocycles. The zero-order valence-corrected chi connectivity index (χ0v) is 8.21. The van der Waals surface area contributed by atoms with Crippen LogP contribution in [-0.4, -0.2) is 19.0 Å². The lowest BCUT2D eigenvalue weighted by molar-refractivity contribution is 0.0951. The molecule has 0 unspecified atom stereocenters. The molecular weight excluding hydrogens is 176 g/mol. The molecule has 0 heterocycles. The molecule has 0 bridgehead atoms. The summed E-state index contributed by atoms with van der Waals surface area (Å²) in [6.45, 7) is 0. The van der Waals surface area contributed by atoms with E-state index in [0.29, 0.717) is 6.04 Å². The van der Waals surface area contributed by atoms with Crippen molar-refractivity contribution in [2.45, 2.75) is 18.9 Å². The third-order valence-electron chi connectivity index (χ3n) is 2.33. The first-order chi connectivity index (χ1) is 6.79. The molecule has 3 nitrogen and oxygen atoms in total. The van der Waals surface area contributed by atoms with Crippen molar-refractivity contribution in [1.82, 2.24) is 5.32 Å². The smallest absolute Gasteiger partial charge is 0.251 e. The van der Waals surface area contributed by atoms with Crippen LogP contribution in [0.4, 0.5) is 5.69 Å². The maximum absolute atomic E-state index is 11.6. The van der Waals surface area contributed by atoms with Gasteiger partial charge in [0.05, 0.1) is 0 Å². The van der Waals surface area contributed by atoms with Crippen molar-refractivity contribution in [2.75, 3.05) is 12.4 Å². The van der Waals surface area contributed by atoms with Gasteiger partial charge >= 0.3 is 0 Å². The summed E-state index contributed by atoms with van der Waals surface area (Å²) in [5.74, 6) is 0.0320. The van der Waals surface area contributed by atoms with E-state index in [1.807, 2.05) is 31.3 Å². The Morgan fingerprint density at radius 3 is 2.86 bits per heavy atom. The number of carbonyl (C=O) groups is 1. The standard InChI is InChI=1S/C11H14N2O/c1-12-10-4-2-3-8(7-10)11(14)13-9-5-6-9/h2-4,7,9,12H,5-6H2,1H3,(H,13,14).